The van der Waals surface area contributed by atoms with Crippen LogP contribution < -0.4 is 9.80 Å². The Morgan fingerprint density at radius 3 is 1.78 bits per heavy atom. The summed E-state index contributed by atoms with van der Waals surface area (Å²) in [5, 5.41) is 8.86. The normalized spacial score (nSPS) is 14.4. The summed E-state index contributed by atoms with van der Waals surface area (Å²) in [4.78, 5) is 31.6. The molecule has 8 nitrogen and oxygen atoms in total. The lowest BCUT2D eigenvalue weighted by Gasteiger charge is -2.34. The van der Waals surface area contributed by atoms with Crippen LogP contribution in [0.2, 0.25) is 0 Å². The molecule has 1 aliphatic heterocycles. The SMILES string of the molecule is C#Cc1cnc(N2CCN(c3ncc(C(=O)O)cn3)CC2)nc1. The number of aromatic nitrogens is 4. The molecule has 1 saturated heterocycles. The third-order valence-electron chi connectivity index (χ3n) is 3.54. The van der Waals surface area contributed by atoms with Gasteiger partial charge in [0.1, 0.15) is 0 Å². The Hall–Kier alpha value is -3.21. The molecule has 0 radical (unpaired) electrons. The lowest BCUT2D eigenvalue weighted by molar-refractivity contribution is 0.0696. The summed E-state index contributed by atoms with van der Waals surface area (Å²) >= 11 is 0. The van der Waals surface area contributed by atoms with Gasteiger partial charge in [0.15, 0.2) is 0 Å². The van der Waals surface area contributed by atoms with Gasteiger partial charge >= 0.3 is 5.97 Å². The van der Waals surface area contributed by atoms with Crippen LogP contribution in [0.4, 0.5) is 11.9 Å². The van der Waals surface area contributed by atoms with Crippen molar-refractivity contribution in [3.8, 4) is 12.3 Å². The minimum atomic E-state index is -1.03. The predicted octanol–water partition coefficient (Wildman–Crippen LogP) is 0.273. The Morgan fingerprint density at radius 1 is 0.957 bits per heavy atom. The summed E-state index contributed by atoms with van der Waals surface area (Å²) in [5.74, 6) is 2.63. The van der Waals surface area contributed by atoms with Gasteiger partial charge in [0.05, 0.1) is 11.1 Å². The smallest absolute Gasteiger partial charge is 0.338 e. The van der Waals surface area contributed by atoms with Crippen LogP contribution in [0.1, 0.15) is 15.9 Å². The van der Waals surface area contributed by atoms with Crippen molar-refractivity contribution in [3.63, 3.8) is 0 Å². The van der Waals surface area contributed by atoms with E-state index in [0.717, 1.165) is 13.1 Å². The molecule has 116 valence electrons. The van der Waals surface area contributed by atoms with Gasteiger partial charge in [0.2, 0.25) is 11.9 Å². The van der Waals surface area contributed by atoms with Crippen LogP contribution in [0.15, 0.2) is 24.8 Å². The summed E-state index contributed by atoms with van der Waals surface area (Å²) in [6.07, 6.45) is 11.2. The van der Waals surface area contributed by atoms with Crippen LogP contribution in [-0.2, 0) is 0 Å². The number of hydrogen-bond acceptors (Lipinski definition) is 7. The molecule has 0 aliphatic carbocycles. The van der Waals surface area contributed by atoms with E-state index in [1.807, 2.05) is 4.90 Å². The Bertz CT molecular complexity index is 730. The fourth-order valence-corrected chi connectivity index (χ4v) is 2.26. The number of nitrogens with zero attached hydrogens (tertiary/aromatic N) is 6. The van der Waals surface area contributed by atoms with Gasteiger partial charge in [-0.25, -0.2) is 24.7 Å². The van der Waals surface area contributed by atoms with Crippen LogP contribution >= 0.6 is 0 Å². The standard InChI is InChI=1S/C15H14N6O2/c1-2-11-7-16-14(17-8-11)20-3-5-21(6-4-20)15-18-9-12(10-19-15)13(22)23/h1,7-10H,3-6H2,(H,22,23). The van der Waals surface area contributed by atoms with E-state index in [-0.39, 0.29) is 5.56 Å². The van der Waals surface area contributed by atoms with Gasteiger partial charge < -0.3 is 14.9 Å². The van der Waals surface area contributed by atoms with Gasteiger partial charge in [-0.1, -0.05) is 5.92 Å². The molecule has 0 unspecified atom stereocenters. The summed E-state index contributed by atoms with van der Waals surface area (Å²) in [5.41, 5.74) is 0.730. The second kappa shape index (κ2) is 6.27. The number of carboxylic acid groups (broad SMARTS) is 1. The Kier molecular flexibility index (Phi) is 4.01. The van der Waals surface area contributed by atoms with E-state index in [1.54, 1.807) is 12.4 Å². The maximum atomic E-state index is 10.8. The number of piperazine rings is 1. The average Bonchev–Trinajstić information content (AvgIpc) is 2.62. The van der Waals surface area contributed by atoms with E-state index in [0.29, 0.717) is 30.5 Å². The predicted molar refractivity (Wildman–Crippen MR) is 83.4 cm³/mol. The molecule has 2 aromatic rings. The van der Waals surface area contributed by atoms with E-state index >= 15 is 0 Å². The van der Waals surface area contributed by atoms with Gasteiger partial charge in [0.25, 0.3) is 0 Å². The van der Waals surface area contributed by atoms with Gasteiger partial charge in [0, 0.05) is 51.0 Å². The van der Waals surface area contributed by atoms with Crippen molar-refractivity contribution >= 4 is 17.9 Å². The molecule has 0 saturated carbocycles. The van der Waals surface area contributed by atoms with Gasteiger partial charge in [-0.05, 0) is 0 Å². The Morgan fingerprint density at radius 2 is 1.39 bits per heavy atom. The van der Waals surface area contributed by atoms with Crippen molar-refractivity contribution in [1.82, 2.24) is 19.9 Å². The fourth-order valence-electron chi connectivity index (χ4n) is 2.26. The first-order valence-electron chi connectivity index (χ1n) is 7.01. The third kappa shape index (κ3) is 3.18. The first-order chi connectivity index (χ1) is 11.2. The number of terminal acetylenes is 1. The van der Waals surface area contributed by atoms with Crippen molar-refractivity contribution in [2.45, 2.75) is 0 Å². The van der Waals surface area contributed by atoms with Crippen molar-refractivity contribution < 1.29 is 9.90 Å². The highest BCUT2D eigenvalue weighted by Gasteiger charge is 2.20. The molecule has 0 spiro atoms. The Balaban J connectivity index is 1.63. The van der Waals surface area contributed by atoms with Crippen LogP contribution in [-0.4, -0.2) is 57.2 Å². The fraction of sp³-hybridized carbons (Fsp3) is 0.267. The van der Waals surface area contributed by atoms with Crippen molar-refractivity contribution in [2.24, 2.45) is 0 Å². The quantitative estimate of drug-likeness (QED) is 0.807. The number of carboxylic acids is 1. The van der Waals surface area contributed by atoms with Crippen LogP contribution in [0, 0.1) is 12.3 Å². The van der Waals surface area contributed by atoms with Crippen molar-refractivity contribution in [2.75, 3.05) is 36.0 Å². The summed E-state index contributed by atoms with van der Waals surface area (Å²) in [7, 11) is 0. The highest BCUT2D eigenvalue weighted by Crippen LogP contribution is 2.14. The molecule has 0 aromatic carbocycles. The average molecular weight is 310 g/mol. The number of aromatic carboxylic acids is 1. The van der Waals surface area contributed by atoms with E-state index in [4.69, 9.17) is 11.5 Å². The molecule has 1 N–H and O–H groups in total. The minimum absolute atomic E-state index is 0.0781. The zero-order valence-corrected chi connectivity index (χ0v) is 12.3. The highest BCUT2D eigenvalue weighted by atomic mass is 16.4. The van der Waals surface area contributed by atoms with Gasteiger partial charge in [-0.15, -0.1) is 6.42 Å². The summed E-state index contributed by atoms with van der Waals surface area (Å²) < 4.78 is 0. The molecule has 0 atom stereocenters. The van der Waals surface area contributed by atoms with E-state index < -0.39 is 5.97 Å². The summed E-state index contributed by atoms with van der Waals surface area (Å²) in [6, 6.07) is 0. The van der Waals surface area contributed by atoms with E-state index in [9.17, 15) is 4.79 Å². The topological polar surface area (TPSA) is 95.3 Å². The van der Waals surface area contributed by atoms with Crippen LogP contribution in [0.25, 0.3) is 0 Å². The minimum Gasteiger partial charge on any atom is -0.478 e. The summed E-state index contributed by atoms with van der Waals surface area (Å²) in [6.45, 7) is 2.85. The van der Waals surface area contributed by atoms with Crippen LogP contribution in [0.5, 0.6) is 0 Å². The van der Waals surface area contributed by atoms with Crippen molar-refractivity contribution in [3.05, 3.63) is 35.9 Å². The lowest BCUT2D eigenvalue weighted by atomic mass is 10.3. The maximum absolute atomic E-state index is 10.8. The largest absolute Gasteiger partial charge is 0.478 e. The molecule has 1 fully saturated rings. The molecule has 3 rings (SSSR count). The Labute approximate surface area is 132 Å². The molecule has 3 heterocycles. The number of hydrogen-bond donors (Lipinski definition) is 1. The maximum Gasteiger partial charge on any atom is 0.338 e. The molecular formula is C15H14N6O2. The molecule has 0 amide bonds. The number of rotatable bonds is 3. The second-order valence-corrected chi connectivity index (χ2v) is 4.97. The highest BCUT2D eigenvalue weighted by molar-refractivity contribution is 5.86. The molecule has 23 heavy (non-hydrogen) atoms. The first-order valence-corrected chi connectivity index (χ1v) is 7.01. The van der Waals surface area contributed by atoms with Crippen LogP contribution in [0.3, 0.4) is 0 Å². The molecular weight excluding hydrogens is 296 g/mol. The van der Waals surface area contributed by atoms with E-state index in [2.05, 4.69) is 30.8 Å². The molecule has 1 aliphatic rings. The zero-order chi connectivity index (χ0) is 16.2. The molecule has 0 bridgehead atoms. The second-order valence-electron chi connectivity index (χ2n) is 4.97. The lowest BCUT2D eigenvalue weighted by Crippen LogP contribution is -2.47. The van der Waals surface area contributed by atoms with Gasteiger partial charge in [-0.2, -0.15) is 0 Å². The first kappa shape index (κ1) is 14.7. The number of anilines is 2. The molecule has 8 heteroatoms. The monoisotopic (exact) mass is 310 g/mol. The zero-order valence-electron chi connectivity index (χ0n) is 12.3. The number of carbonyl (C=O) groups is 1. The van der Waals surface area contributed by atoms with Crippen molar-refractivity contribution in [1.29, 1.82) is 0 Å². The molecule has 2 aromatic heterocycles. The van der Waals surface area contributed by atoms with E-state index in [1.165, 1.54) is 12.4 Å². The van der Waals surface area contributed by atoms with Gasteiger partial charge in [-0.3, -0.25) is 0 Å². The third-order valence-corrected chi connectivity index (χ3v) is 3.54.